The second kappa shape index (κ2) is 16.6. The van der Waals surface area contributed by atoms with Gasteiger partial charge in [-0.2, -0.15) is 0 Å². The maximum Gasteiger partial charge on any atom is 0.323 e. The van der Waals surface area contributed by atoms with E-state index in [0.717, 1.165) is 28.0 Å². The molecule has 1 saturated heterocycles. The molecule has 5 atom stereocenters. The van der Waals surface area contributed by atoms with E-state index in [-0.39, 0.29) is 30.9 Å². The van der Waals surface area contributed by atoms with Crippen molar-refractivity contribution in [2.75, 3.05) is 24.2 Å². The Labute approximate surface area is 293 Å². The van der Waals surface area contributed by atoms with Crippen molar-refractivity contribution in [2.45, 2.75) is 50.6 Å². The summed E-state index contributed by atoms with van der Waals surface area (Å²) in [5, 5.41) is 26.3. The molecule has 9 heteroatoms. The minimum Gasteiger partial charge on any atom is -0.457 e. The third kappa shape index (κ3) is 9.15. The topological polar surface area (TPSA) is 113 Å². The predicted octanol–water partition coefficient (Wildman–Crippen LogP) is 8.21. The minimum atomic E-state index is -0.654. The summed E-state index contributed by atoms with van der Waals surface area (Å²) in [6.45, 7) is 2.56. The molecule has 50 heavy (non-hydrogen) atoms. The van der Waals surface area contributed by atoms with Crippen LogP contribution in [0.3, 0.4) is 0 Å². The van der Waals surface area contributed by atoms with E-state index in [2.05, 4.69) is 15.5 Å². The number of hydrogen-bond acceptors (Lipinski definition) is 7. The predicted molar refractivity (Wildman–Crippen MR) is 194 cm³/mol. The Balaban J connectivity index is 1.10. The Kier molecular flexibility index (Phi) is 11.5. The van der Waals surface area contributed by atoms with Crippen molar-refractivity contribution >= 4 is 17.4 Å². The number of aliphatic hydroxyl groups is 2. The van der Waals surface area contributed by atoms with Gasteiger partial charge in [0.15, 0.2) is 6.29 Å². The molecule has 0 saturated carbocycles. The zero-order chi connectivity index (χ0) is 34.9. The fourth-order valence-corrected chi connectivity index (χ4v) is 5.94. The third-order valence-corrected chi connectivity index (χ3v) is 8.93. The number of benzene rings is 5. The van der Waals surface area contributed by atoms with Crippen LogP contribution in [0, 0.1) is 0 Å². The highest BCUT2D eigenvalue weighted by molar-refractivity contribution is 5.99. The van der Waals surface area contributed by atoms with E-state index in [9.17, 15) is 15.0 Å². The molecule has 5 aromatic rings. The van der Waals surface area contributed by atoms with Gasteiger partial charge in [0.25, 0.3) is 0 Å². The van der Waals surface area contributed by atoms with E-state index in [1.165, 1.54) is 0 Å². The van der Waals surface area contributed by atoms with Crippen LogP contribution in [0.4, 0.5) is 16.2 Å². The molecule has 0 spiro atoms. The molecule has 0 aromatic heterocycles. The second-order valence-corrected chi connectivity index (χ2v) is 12.5. The number of ether oxygens (including phenoxy) is 3. The molecule has 5 unspecified atom stereocenters. The number of likely N-dealkylation sites (N-methyl/N-ethyl adjacent to an activating group) is 1. The molecule has 9 nitrogen and oxygen atoms in total. The number of urea groups is 1. The summed E-state index contributed by atoms with van der Waals surface area (Å²) < 4.78 is 18.9. The van der Waals surface area contributed by atoms with Gasteiger partial charge in [-0.15, -0.1) is 0 Å². The number of hydrogen-bond donors (Lipinski definition) is 4. The summed E-state index contributed by atoms with van der Waals surface area (Å²) in [6, 6.07) is 41.0. The number of nitrogens with zero attached hydrogens (tertiary/aromatic N) is 1. The molecule has 5 aromatic carbocycles. The zero-order valence-corrected chi connectivity index (χ0v) is 28.2. The van der Waals surface area contributed by atoms with Crippen LogP contribution in [-0.4, -0.2) is 46.9 Å². The van der Waals surface area contributed by atoms with Crippen LogP contribution in [0.2, 0.25) is 0 Å². The number of para-hydroxylation sites is 1. The van der Waals surface area contributed by atoms with Crippen molar-refractivity contribution < 1.29 is 29.2 Å². The molecule has 6 rings (SSSR count). The van der Waals surface area contributed by atoms with Crippen LogP contribution in [0.5, 0.6) is 11.5 Å². The van der Waals surface area contributed by atoms with Crippen molar-refractivity contribution in [1.29, 1.82) is 0 Å². The van der Waals surface area contributed by atoms with Crippen LogP contribution in [0.15, 0.2) is 133 Å². The van der Waals surface area contributed by atoms with Gasteiger partial charge in [-0.1, -0.05) is 84.9 Å². The summed E-state index contributed by atoms with van der Waals surface area (Å²) in [6.07, 6.45) is -1.13. The molecule has 0 bridgehead atoms. The first-order valence-electron chi connectivity index (χ1n) is 16.8. The van der Waals surface area contributed by atoms with E-state index in [0.29, 0.717) is 30.1 Å². The van der Waals surface area contributed by atoms with Crippen molar-refractivity contribution in [1.82, 2.24) is 4.90 Å². The highest BCUT2D eigenvalue weighted by atomic mass is 16.7. The Bertz CT molecular complexity index is 1790. The van der Waals surface area contributed by atoms with E-state index in [4.69, 9.17) is 14.2 Å². The Hall–Kier alpha value is -5.03. The van der Waals surface area contributed by atoms with Gasteiger partial charge in [0.1, 0.15) is 11.5 Å². The number of anilines is 2. The zero-order valence-electron chi connectivity index (χ0n) is 28.2. The van der Waals surface area contributed by atoms with Crippen molar-refractivity contribution in [2.24, 2.45) is 0 Å². The smallest absolute Gasteiger partial charge is 0.323 e. The average Bonchev–Trinajstić information content (AvgIpc) is 3.16. The van der Waals surface area contributed by atoms with Crippen LogP contribution in [0.1, 0.15) is 54.1 Å². The van der Waals surface area contributed by atoms with Gasteiger partial charge >= 0.3 is 6.03 Å². The molecule has 1 aliphatic heterocycles. The van der Waals surface area contributed by atoms with E-state index in [1.807, 2.05) is 123 Å². The van der Waals surface area contributed by atoms with Gasteiger partial charge in [-0.3, -0.25) is 4.90 Å². The number of carbonyl (C=O) groups excluding carboxylic acids is 1. The quantitative estimate of drug-likeness (QED) is 0.106. The molecule has 4 N–H and O–H groups in total. The summed E-state index contributed by atoms with van der Waals surface area (Å²) in [4.78, 5) is 14.9. The van der Waals surface area contributed by atoms with Crippen LogP contribution < -0.4 is 15.4 Å². The van der Waals surface area contributed by atoms with Crippen LogP contribution in [0.25, 0.3) is 0 Å². The molecular formula is C41H43N3O6. The molecular weight excluding hydrogens is 630 g/mol. The Morgan fingerprint density at radius 1 is 0.780 bits per heavy atom. The van der Waals surface area contributed by atoms with Crippen molar-refractivity contribution in [3.63, 3.8) is 0 Å². The summed E-state index contributed by atoms with van der Waals surface area (Å²) in [7, 11) is 1.99. The van der Waals surface area contributed by atoms with E-state index >= 15 is 0 Å². The lowest BCUT2D eigenvalue weighted by atomic mass is 9.98. The fourth-order valence-electron chi connectivity index (χ4n) is 5.94. The average molecular weight is 674 g/mol. The number of nitrogens with one attached hydrogen (secondary N) is 2. The number of carbonyl (C=O) groups is 1. The summed E-state index contributed by atoms with van der Waals surface area (Å²) >= 11 is 0. The standard InChI is InChI=1S/C41H43N3O6/c1-28(39(46)31-9-5-3-6-10-31)44(2)26-37-25-38(30-15-13-29(27-45)14-16-30)50-40(49-37)32-17-19-33(20-18-32)42-41(47)43-34-21-23-36(24-22-34)48-35-11-7-4-8-12-35/h3-24,28,37-40,45-46H,25-27H2,1-2H3,(H2,42,43,47). The van der Waals surface area contributed by atoms with Crippen molar-refractivity contribution in [3.05, 3.63) is 156 Å². The Morgan fingerprint density at radius 2 is 1.34 bits per heavy atom. The van der Waals surface area contributed by atoms with Gasteiger partial charge in [-0.25, -0.2) is 4.79 Å². The third-order valence-electron chi connectivity index (χ3n) is 8.93. The van der Waals surface area contributed by atoms with Gasteiger partial charge in [-0.05, 0) is 79.2 Å². The van der Waals surface area contributed by atoms with E-state index < -0.39 is 12.4 Å². The van der Waals surface area contributed by atoms with Crippen LogP contribution >= 0.6 is 0 Å². The molecule has 1 aliphatic rings. The van der Waals surface area contributed by atoms with Crippen LogP contribution in [-0.2, 0) is 16.1 Å². The molecule has 2 amide bonds. The first kappa shape index (κ1) is 34.8. The monoisotopic (exact) mass is 673 g/mol. The van der Waals surface area contributed by atoms with Gasteiger partial charge < -0.3 is 35.1 Å². The molecule has 0 aliphatic carbocycles. The summed E-state index contributed by atoms with van der Waals surface area (Å²) in [5.74, 6) is 1.41. The lowest BCUT2D eigenvalue weighted by Crippen LogP contribution is -2.43. The maximum absolute atomic E-state index is 12.8. The normalized spacial score (nSPS) is 18.6. The van der Waals surface area contributed by atoms with Gasteiger partial charge in [0.2, 0.25) is 0 Å². The van der Waals surface area contributed by atoms with E-state index in [1.54, 1.807) is 24.3 Å². The molecule has 0 radical (unpaired) electrons. The minimum absolute atomic E-state index is 0.0268. The molecule has 258 valence electrons. The maximum atomic E-state index is 12.8. The number of amides is 2. The first-order valence-corrected chi connectivity index (χ1v) is 16.8. The molecule has 1 fully saturated rings. The fraction of sp³-hybridized carbons (Fsp3) is 0.244. The highest BCUT2D eigenvalue weighted by Gasteiger charge is 2.34. The first-order chi connectivity index (χ1) is 24.3. The molecule has 1 heterocycles. The SMILES string of the molecule is CC(C(O)c1ccccc1)N(C)CC1CC(c2ccc(CO)cc2)OC(c2ccc(NC(=O)Nc3ccc(Oc4ccccc4)cc3)cc2)O1. The Morgan fingerprint density at radius 3 is 1.96 bits per heavy atom. The number of aliphatic hydroxyl groups excluding tert-OH is 2. The lowest BCUT2D eigenvalue weighted by Gasteiger charge is -2.39. The van der Waals surface area contributed by atoms with Gasteiger partial charge in [0, 0.05) is 35.9 Å². The van der Waals surface area contributed by atoms with Crippen molar-refractivity contribution in [3.8, 4) is 11.5 Å². The second-order valence-electron chi connectivity index (χ2n) is 12.5. The number of rotatable bonds is 12. The summed E-state index contributed by atoms with van der Waals surface area (Å²) in [5.41, 5.74) is 4.75. The largest absolute Gasteiger partial charge is 0.457 e. The van der Waals surface area contributed by atoms with Gasteiger partial charge in [0.05, 0.1) is 24.9 Å². The highest BCUT2D eigenvalue weighted by Crippen LogP contribution is 2.39. The lowest BCUT2D eigenvalue weighted by molar-refractivity contribution is -0.253.